The lowest BCUT2D eigenvalue weighted by atomic mass is 9.33. The molecule has 2 amide bonds. The predicted molar refractivity (Wildman–Crippen MR) is 231 cm³/mol. The molecule has 0 heterocycles. The Hall–Kier alpha value is -3.20. The van der Waals surface area contributed by atoms with Crippen molar-refractivity contribution in [2.45, 2.75) is 169 Å². The number of nitrogens with one attached hydrogen (secondary N) is 2. The number of carboxylic acid groups (broad SMARTS) is 1. The molecule has 10 atom stereocenters. The Morgan fingerprint density at radius 1 is 0.767 bits per heavy atom. The van der Waals surface area contributed by atoms with Crippen molar-refractivity contribution in [1.82, 2.24) is 10.6 Å². The molecule has 7 aliphatic rings. The van der Waals surface area contributed by atoms with E-state index in [1.807, 2.05) is 13.8 Å². The van der Waals surface area contributed by atoms with Crippen molar-refractivity contribution in [3.05, 3.63) is 46.0 Å². The van der Waals surface area contributed by atoms with Gasteiger partial charge in [0.2, 0.25) is 5.91 Å². The number of fused-ring (bicyclic) bond motifs is 7. The fourth-order valence-electron chi connectivity index (χ4n) is 15.5. The van der Waals surface area contributed by atoms with Crippen LogP contribution in [0.15, 0.2) is 35.4 Å². The van der Waals surface area contributed by atoms with Gasteiger partial charge < -0.3 is 20.5 Å². The van der Waals surface area contributed by atoms with Crippen LogP contribution in [0.4, 0.5) is 0 Å². The topological polar surface area (TPSA) is 139 Å². The third-order valence-electron chi connectivity index (χ3n) is 19.2. The summed E-state index contributed by atoms with van der Waals surface area (Å²) < 4.78 is 6.43. The number of aliphatic carboxylic acids is 1. The van der Waals surface area contributed by atoms with Crippen LogP contribution in [0.25, 0.3) is 0 Å². The zero-order valence-electron chi connectivity index (χ0n) is 37.5. The van der Waals surface area contributed by atoms with Crippen LogP contribution in [0, 0.1) is 62.6 Å². The van der Waals surface area contributed by atoms with Crippen molar-refractivity contribution in [2.24, 2.45) is 62.6 Å². The molecule has 6 saturated carbocycles. The van der Waals surface area contributed by atoms with E-state index in [9.17, 15) is 29.1 Å². The first-order valence-corrected chi connectivity index (χ1v) is 23.5. The summed E-state index contributed by atoms with van der Waals surface area (Å²) in [6.45, 7) is 20.2. The van der Waals surface area contributed by atoms with Crippen molar-refractivity contribution in [1.29, 1.82) is 0 Å². The lowest BCUT2D eigenvalue weighted by Gasteiger charge is -2.72. The number of hydrogen-bond acceptors (Lipinski definition) is 6. The molecule has 0 saturated heterocycles. The predicted octanol–water partition coefficient (Wildman–Crippen LogP) is 9.89. The number of ketones is 1. The van der Waals surface area contributed by atoms with Gasteiger partial charge in [-0.15, -0.1) is 0 Å². The zero-order chi connectivity index (χ0) is 43.6. The fourth-order valence-corrected chi connectivity index (χ4v) is 15.6. The lowest BCUT2D eigenvalue weighted by molar-refractivity contribution is -0.235. The Balaban J connectivity index is 1.05. The molecule has 6 fully saturated rings. The number of benzene rings is 1. The van der Waals surface area contributed by atoms with E-state index in [-0.39, 0.29) is 69.6 Å². The number of carbonyl (C=O) groups is 5. The summed E-state index contributed by atoms with van der Waals surface area (Å²) in [4.78, 5) is 68.3. The Kier molecular flexibility index (Phi) is 10.4. The van der Waals surface area contributed by atoms with E-state index in [4.69, 9.17) is 16.3 Å². The first-order chi connectivity index (χ1) is 28.0. The molecular weight excluding hydrogens is 776 g/mol. The quantitative estimate of drug-likeness (QED) is 0.222. The summed E-state index contributed by atoms with van der Waals surface area (Å²) >= 11 is 6.12. The minimum atomic E-state index is -1.05. The van der Waals surface area contributed by atoms with E-state index < -0.39 is 34.3 Å². The Labute approximate surface area is 362 Å². The van der Waals surface area contributed by atoms with Gasteiger partial charge in [-0.25, -0.2) is 0 Å². The van der Waals surface area contributed by atoms with Gasteiger partial charge in [0, 0.05) is 22.4 Å². The van der Waals surface area contributed by atoms with Crippen LogP contribution in [-0.4, -0.2) is 51.8 Å². The average Bonchev–Trinajstić information content (AvgIpc) is 3.75. The third-order valence-corrected chi connectivity index (χ3v) is 19.4. The van der Waals surface area contributed by atoms with E-state index in [0.29, 0.717) is 48.1 Å². The average molecular weight is 846 g/mol. The Bertz CT molecular complexity index is 2010. The van der Waals surface area contributed by atoms with E-state index >= 15 is 0 Å². The second-order valence-corrected chi connectivity index (χ2v) is 23.2. The molecule has 7 aliphatic carbocycles. The van der Waals surface area contributed by atoms with Crippen molar-refractivity contribution < 1.29 is 33.8 Å². The minimum Gasteiger partial charge on any atom is -0.481 e. The third kappa shape index (κ3) is 6.21. The van der Waals surface area contributed by atoms with Crippen LogP contribution >= 0.6 is 11.6 Å². The van der Waals surface area contributed by atoms with Crippen LogP contribution in [0.1, 0.15) is 163 Å². The van der Waals surface area contributed by atoms with E-state index in [1.54, 1.807) is 24.3 Å². The minimum absolute atomic E-state index is 0.0152. The molecule has 328 valence electrons. The maximum absolute atomic E-state index is 14.9. The van der Waals surface area contributed by atoms with Gasteiger partial charge in [-0.2, -0.15) is 0 Å². The molecule has 0 aliphatic heterocycles. The summed E-state index contributed by atoms with van der Waals surface area (Å²) in [5.41, 5.74) is -0.245. The molecule has 9 nitrogen and oxygen atoms in total. The van der Waals surface area contributed by atoms with Gasteiger partial charge in [0.1, 0.15) is 11.6 Å². The molecule has 0 unspecified atom stereocenters. The molecule has 3 N–H and O–H groups in total. The molecule has 1 aromatic rings. The number of carboxylic acids is 1. The van der Waals surface area contributed by atoms with Crippen LogP contribution in [0.2, 0.25) is 5.02 Å². The SMILES string of the molecule is CC(C)C1=C2[C@H]3CC[C@@H]4[C@@]5(C)CC[C@H](OC(=O)[C@H]6C[C@@H](C(=O)O)C6(C)C)C(C)(C)[C@@H]5CC[C@@]4(C)[C@]3(C)CC[C@@]2(NC(=O)C2(NC(=O)c3ccc(Cl)cc3)CCCC2)CC1=O. The van der Waals surface area contributed by atoms with Gasteiger partial charge in [0.25, 0.3) is 5.91 Å². The van der Waals surface area contributed by atoms with Gasteiger partial charge in [0.15, 0.2) is 5.78 Å². The summed E-state index contributed by atoms with van der Waals surface area (Å²) in [5.74, 6) is -1.37. The van der Waals surface area contributed by atoms with Gasteiger partial charge in [-0.3, -0.25) is 24.0 Å². The maximum Gasteiger partial charge on any atom is 0.309 e. The lowest BCUT2D eigenvalue weighted by Crippen LogP contribution is -2.68. The van der Waals surface area contributed by atoms with Gasteiger partial charge in [-0.1, -0.05) is 86.8 Å². The highest BCUT2D eigenvalue weighted by Crippen LogP contribution is 2.76. The standard InChI is InChI=1S/C50H69ClN2O7/c1-28(2)38-34(54)27-50(53-43(59)49(20-10-11-21-49)52-40(55)29-12-14-30(51)15-13-29)25-24-47(8)31(39(38)50)16-17-36-46(7)22-19-37(45(5,6)35(46)18-23-48(36,47)9)60-42(58)33-26-32(41(56)57)44(33,3)4/h12-15,28,31-33,35-37H,10-11,16-27H2,1-9H3,(H,52,55)(H,53,59)(H,56,57)/t31-,32+,33-,35+,36-,37+,46+,47-,48-,50-/m1/s1. The number of Topliss-reactive ketones (excluding diaryl/α,β-unsaturated/α-hetero) is 1. The number of carbonyl (C=O) groups excluding carboxylic acids is 4. The smallest absolute Gasteiger partial charge is 0.309 e. The summed E-state index contributed by atoms with van der Waals surface area (Å²) in [5, 5.41) is 17.0. The van der Waals surface area contributed by atoms with Crippen molar-refractivity contribution in [2.75, 3.05) is 0 Å². The van der Waals surface area contributed by atoms with E-state index in [1.165, 1.54) is 5.57 Å². The summed E-state index contributed by atoms with van der Waals surface area (Å²) in [6.07, 6.45) is 10.6. The first kappa shape index (κ1) is 43.4. The highest BCUT2D eigenvalue weighted by molar-refractivity contribution is 6.30. The van der Waals surface area contributed by atoms with Crippen LogP contribution < -0.4 is 10.6 Å². The molecule has 10 heteroatoms. The van der Waals surface area contributed by atoms with Crippen molar-refractivity contribution in [3.8, 4) is 0 Å². The molecule has 0 spiro atoms. The number of halogens is 1. The molecule has 0 radical (unpaired) electrons. The van der Waals surface area contributed by atoms with Crippen LogP contribution in [0.3, 0.4) is 0 Å². The van der Waals surface area contributed by atoms with Crippen LogP contribution in [0.5, 0.6) is 0 Å². The maximum atomic E-state index is 14.9. The normalized spacial score (nSPS) is 39.7. The second kappa shape index (κ2) is 14.4. The molecule has 0 aromatic heterocycles. The molecule has 60 heavy (non-hydrogen) atoms. The number of rotatable bonds is 8. The van der Waals surface area contributed by atoms with E-state index in [0.717, 1.165) is 63.4 Å². The number of hydrogen-bond donors (Lipinski definition) is 3. The van der Waals surface area contributed by atoms with Crippen molar-refractivity contribution >= 4 is 41.1 Å². The summed E-state index contributed by atoms with van der Waals surface area (Å²) in [7, 11) is 0. The first-order valence-electron chi connectivity index (χ1n) is 23.1. The highest BCUT2D eigenvalue weighted by atomic mass is 35.5. The fraction of sp³-hybridized carbons (Fsp3) is 0.740. The molecular formula is C50H69ClN2O7. The Morgan fingerprint density at radius 3 is 2.05 bits per heavy atom. The molecule has 0 bridgehead atoms. The van der Waals surface area contributed by atoms with Gasteiger partial charge in [-0.05, 0) is 151 Å². The number of allylic oxidation sites excluding steroid dienone is 1. The Morgan fingerprint density at radius 2 is 1.43 bits per heavy atom. The number of amides is 2. The van der Waals surface area contributed by atoms with E-state index in [2.05, 4.69) is 59.1 Å². The largest absolute Gasteiger partial charge is 0.481 e. The van der Waals surface area contributed by atoms with Crippen LogP contribution in [-0.2, 0) is 23.9 Å². The van der Waals surface area contributed by atoms with Gasteiger partial charge >= 0.3 is 11.9 Å². The monoisotopic (exact) mass is 844 g/mol. The number of ether oxygens (including phenoxy) is 1. The van der Waals surface area contributed by atoms with Gasteiger partial charge in [0.05, 0.1) is 17.4 Å². The summed E-state index contributed by atoms with van der Waals surface area (Å²) in [6, 6.07) is 6.75. The highest BCUT2D eigenvalue weighted by Gasteiger charge is 2.71. The van der Waals surface area contributed by atoms with Crippen molar-refractivity contribution in [3.63, 3.8) is 0 Å². The molecule has 8 rings (SSSR count). The zero-order valence-corrected chi connectivity index (χ0v) is 38.3. The second-order valence-electron chi connectivity index (χ2n) is 22.8. The molecule has 1 aromatic carbocycles. The number of esters is 1.